The Hall–Kier alpha value is -2.15. The lowest BCUT2D eigenvalue weighted by Gasteiger charge is -2.05. The summed E-state index contributed by atoms with van der Waals surface area (Å²) in [5.74, 6) is -1.03. The van der Waals surface area contributed by atoms with Crippen LogP contribution in [0.15, 0.2) is 24.3 Å². The van der Waals surface area contributed by atoms with E-state index in [-0.39, 0.29) is 18.9 Å². The van der Waals surface area contributed by atoms with Crippen LogP contribution in [0.5, 0.6) is 0 Å². The van der Waals surface area contributed by atoms with Gasteiger partial charge in [0.25, 0.3) is 5.69 Å². The van der Waals surface area contributed by atoms with Crippen LogP contribution in [0.1, 0.15) is 0 Å². The van der Waals surface area contributed by atoms with E-state index < -0.39 is 10.9 Å². The second kappa shape index (κ2) is 6.44. The number of carboxylic acids is 1. The summed E-state index contributed by atoms with van der Waals surface area (Å²) in [5, 5.41) is 21.7. The fourth-order valence-electron chi connectivity index (χ4n) is 1.16. The third-order valence-corrected chi connectivity index (χ3v) is 1.86. The summed E-state index contributed by atoms with van der Waals surface area (Å²) < 4.78 is 4.80. The Morgan fingerprint density at radius 2 is 2.29 bits per heavy atom. The smallest absolute Gasteiger partial charge is 0.329 e. The molecule has 1 rings (SSSR count). The molecular formula is C10H12N2O5. The van der Waals surface area contributed by atoms with Crippen molar-refractivity contribution in [3.8, 4) is 0 Å². The lowest BCUT2D eigenvalue weighted by molar-refractivity contribution is -0.384. The Kier molecular flexibility index (Phi) is 4.89. The number of aliphatic carboxylic acids is 1. The van der Waals surface area contributed by atoms with Gasteiger partial charge >= 0.3 is 5.97 Å². The highest BCUT2D eigenvalue weighted by atomic mass is 16.6. The van der Waals surface area contributed by atoms with Gasteiger partial charge in [-0.05, 0) is 6.07 Å². The molecule has 0 saturated carbocycles. The van der Waals surface area contributed by atoms with Gasteiger partial charge in [-0.2, -0.15) is 0 Å². The van der Waals surface area contributed by atoms with Crippen molar-refractivity contribution in [2.24, 2.45) is 0 Å². The Bertz CT molecular complexity index is 407. The van der Waals surface area contributed by atoms with Crippen LogP contribution in [0.3, 0.4) is 0 Å². The van der Waals surface area contributed by atoms with E-state index in [2.05, 4.69) is 5.32 Å². The highest BCUT2D eigenvalue weighted by Gasteiger charge is 2.04. The molecule has 17 heavy (non-hydrogen) atoms. The maximum Gasteiger partial charge on any atom is 0.329 e. The predicted molar refractivity (Wildman–Crippen MR) is 60.0 cm³/mol. The van der Waals surface area contributed by atoms with Gasteiger partial charge in [0.05, 0.1) is 11.5 Å². The van der Waals surface area contributed by atoms with Gasteiger partial charge in [0.1, 0.15) is 6.61 Å². The molecule has 2 N–H and O–H groups in total. The molecule has 1 aromatic rings. The van der Waals surface area contributed by atoms with Gasteiger partial charge in [0, 0.05) is 24.4 Å². The van der Waals surface area contributed by atoms with Crippen molar-refractivity contribution < 1.29 is 19.6 Å². The van der Waals surface area contributed by atoms with Crippen molar-refractivity contribution >= 4 is 17.3 Å². The van der Waals surface area contributed by atoms with Crippen molar-refractivity contribution in [1.82, 2.24) is 0 Å². The van der Waals surface area contributed by atoms with E-state index in [0.717, 1.165) is 0 Å². The third-order valence-electron chi connectivity index (χ3n) is 1.86. The highest BCUT2D eigenvalue weighted by molar-refractivity contribution is 5.68. The van der Waals surface area contributed by atoms with Crippen LogP contribution in [-0.2, 0) is 9.53 Å². The van der Waals surface area contributed by atoms with Gasteiger partial charge in [-0.3, -0.25) is 10.1 Å². The largest absolute Gasteiger partial charge is 0.480 e. The van der Waals surface area contributed by atoms with Crippen molar-refractivity contribution in [3.63, 3.8) is 0 Å². The molecule has 7 nitrogen and oxygen atoms in total. The molecule has 92 valence electrons. The summed E-state index contributed by atoms with van der Waals surface area (Å²) in [6.07, 6.45) is 0. The van der Waals surface area contributed by atoms with Gasteiger partial charge in [-0.1, -0.05) is 6.07 Å². The lowest BCUT2D eigenvalue weighted by Crippen LogP contribution is -2.14. The third kappa shape index (κ3) is 4.94. The first kappa shape index (κ1) is 12.9. The van der Waals surface area contributed by atoms with Crippen molar-refractivity contribution in [2.75, 3.05) is 25.1 Å². The summed E-state index contributed by atoms with van der Waals surface area (Å²) in [6.45, 7) is 0.250. The molecule has 0 atom stereocenters. The molecule has 0 fully saturated rings. The minimum absolute atomic E-state index is 0.00135. The molecule has 0 saturated heterocycles. The molecule has 0 aliphatic carbocycles. The first-order valence-electron chi connectivity index (χ1n) is 4.87. The number of anilines is 1. The van der Waals surface area contributed by atoms with E-state index >= 15 is 0 Å². The zero-order valence-electron chi connectivity index (χ0n) is 8.96. The maximum atomic E-state index is 10.5. The predicted octanol–water partition coefficient (Wildman–Crippen LogP) is 1.11. The Labute approximate surface area is 97.2 Å². The van der Waals surface area contributed by atoms with Crippen LogP contribution >= 0.6 is 0 Å². The van der Waals surface area contributed by atoms with E-state index in [0.29, 0.717) is 12.2 Å². The van der Waals surface area contributed by atoms with Gasteiger partial charge in [0.15, 0.2) is 0 Å². The number of carbonyl (C=O) groups is 1. The van der Waals surface area contributed by atoms with E-state index in [1.807, 2.05) is 0 Å². The second-order valence-electron chi connectivity index (χ2n) is 3.18. The topological polar surface area (TPSA) is 102 Å². The average Bonchev–Trinajstić information content (AvgIpc) is 2.28. The molecule has 0 heterocycles. The zero-order valence-corrected chi connectivity index (χ0v) is 8.96. The molecule has 0 aliphatic rings. The van der Waals surface area contributed by atoms with Gasteiger partial charge in [-0.25, -0.2) is 4.79 Å². The highest BCUT2D eigenvalue weighted by Crippen LogP contribution is 2.16. The molecule has 0 unspecified atom stereocenters. The van der Waals surface area contributed by atoms with Crippen LogP contribution in [0.2, 0.25) is 0 Å². The van der Waals surface area contributed by atoms with Crippen molar-refractivity contribution in [3.05, 3.63) is 34.4 Å². The first-order chi connectivity index (χ1) is 8.09. The molecule has 0 aliphatic heterocycles. The summed E-state index contributed by atoms with van der Waals surface area (Å²) in [4.78, 5) is 20.1. The number of hydrogen-bond acceptors (Lipinski definition) is 5. The van der Waals surface area contributed by atoms with E-state index in [4.69, 9.17) is 9.84 Å². The molecule has 0 spiro atoms. The van der Waals surface area contributed by atoms with Crippen LogP contribution in [0.4, 0.5) is 11.4 Å². The van der Waals surface area contributed by atoms with Gasteiger partial charge < -0.3 is 15.2 Å². The number of ether oxygens (including phenoxy) is 1. The Morgan fingerprint density at radius 1 is 1.53 bits per heavy atom. The fraction of sp³-hybridized carbons (Fsp3) is 0.300. The quantitative estimate of drug-likeness (QED) is 0.420. The van der Waals surface area contributed by atoms with Crippen LogP contribution in [0.25, 0.3) is 0 Å². The average molecular weight is 240 g/mol. The van der Waals surface area contributed by atoms with Crippen LogP contribution < -0.4 is 5.32 Å². The minimum atomic E-state index is -1.03. The van der Waals surface area contributed by atoms with E-state index in [1.165, 1.54) is 12.1 Å². The molecule has 0 radical (unpaired) electrons. The molecule has 0 bridgehead atoms. The number of non-ortho nitro benzene ring substituents is 1. The SMILES string of the molecule is O=C(O)COCCNc1cccc([N+](=O)[O-])c1. The van der Waals surface area contributed by atoms with E-state index in [1.54, 1.807) is 12.1 Å². The molecule has 1 aromatic carbocycles. The first-order valence-corrected chi connectivity index (χ1v) is 4.87. The minimum Gasteiger partial charge on any atom is -0.480 e. The van der Waals surface area contributed by atoms with Crippen molar-refractivity contribution in [1.29, 1.82) is 0 Å². The zero-order chi connectivity index (χ0) is 12.7. The number of nitro groups is 1. The number of nitrogens with zero attached hydrogens (tertiary/aromatic N) is 1. The van der Waals surface area contributed by atoms with Gasteiger partial charge in [-0.15, -0.1) is 0 Å². The summed E-state index contributed by atoms with van der Waals surface area (Å²) >= 11 is 0. The number of benzene rings is 1. The number of rotatable bonds is 7. The van der Waals surface area contributed by atoms with E-state index in [9.17, 15) is 14.9 Å². The number of nitrogens with one attached hydrogen (secondary N) is 1. The number of nitro benzene ring substituents is 1. The van der Waals surface area contributed by atoms with Crippen LogP contribution in [0, 0.1) is 10.1 Å². The lowest BCUT2D eigenvalue weighted by atomic mass is 10.3. The van der Waals surface area contributed by atoms with Gasteiger partial charge in [0.2, 0.25) is 0 Å². The number of hydrogen-bond donors (Lipinski definition) is 2. The standard InChI is InChI=1S/C10H12N2O5/c13-10(14)7-17-5-4-11-8-2-1-3-9(6-8)12(15)16/h1-3,6,11H,4-5,7H2,(H,13,14). The Balaban J connectivity index is 2.34. The second-order valence-corrected chi connectivity index (χ2v) is 3.18. The summed E-state index contributed by atoms with van der Waals surface area (Å²) in [6, 6.07) is 6.05. The maximum absolute atomic E-state index is 10.5. The summed E-state index contributed by atoms with van der Waals surface area (Å²) in [5.41, 5.74) is 0.597. The molecular weight excluding hydrogens is 228 g/mol. The number of carboxylic acid groups (broad SMARTS) is 1. The monoisotopic (exact) mass is 240 g/mol. The molecule has 0 amide bonds. The fourth-order valence-corrected chi connectivity index (χ4v) is 1.16. The Morgan fingerprint density at radius 3 is 2.94 bits per heavy atom. The van der Waals surface area contributed by atoms with Crippen molar-refractivity contribution in [2.45, 2.75) is 0 Å². The normalized spacial score (nSPS) is 9.88. The molecule has 7 heteroatoms. The summed E-state index contributed by atoms with van der Waals surface area (Å²) in [7, 11) is 0. The van der Waals surface area contributed by atoms with Crippen LogP contribution in [-0.4, -0.2) is 35.8 Å². The molecule has 0 aromatic heterocycles.